The van der Waals surface area contributed by atoms with Crippen molar-refractivity contribution >= 4 is 11.5 Å². The van der Waals surface area contributed by atoms with E-state index in [9.17, 15) is 0 Å². The van der Waals surface area contributed by atoms with Gasteiger partial charge in [0.15, 0.2) is 11.5 Å². The first-order valence-corrected chi connectivity index (χ1v) is 8.51. The van der Waals surface area contributed by atoms with Crippen molar-refractivity contribution in [1.82, 2.24) is 34.8 Å². The SMILES string of the molecule is Cc1cc(NCCc2nc(-c3cccnc3)n[nH]2)n2nc(C)c(C)c2n1. The van der Waals surface area contributed by atoms with Crippen molar-refractivity contribution in [1.29, 1.82) is 0 Å². The Morgan fingerprint density at radius 2 is 2.08 bits per heavy atom. The number of aryl methyl sites for hydroxylation is 3. The number of pyridine rings is 1. The van der Waals surface area contributed by atoms with E-state index in [4.69, 9.17) is 0 Å². The van der Waals surface area contributed by atoms with E-state index in [-0.39, 0.29) is 0 Å². The Hall–Kier alpha value is -3.29. The minimum absolute atomic E-state index is 0.661. The molecule has 0 aromatic carbocycles. The van der Waals surface area contributed by atoms with Crippen LogP contribution < -0.4 is 5.32 Å². The van der Waals surface area contributed by atoms with Gasteiger partial charge in [-0.2, -0.15) is 14.7 Å². The van der Waals surface area contributed by atoms with Crippen molar-refractivity contribution in [2.45, 2.75) is 27.2 Å². The zero-order valence-electron chi connectivity index (χ0n) is 15.0. The normalized spacial score (nSPS) is 11.2. The maximum atomic E-state index is 4.59. The lowest BCUT2D eigenvalue weighted by Crippen LogP contribution is -2.11. The second-order valence-corrected chi connectivity index (χ2v) is 6.25. The van der Waals surface area contributed by atoms with E-state index in [1.54, 1.807) is 12.4 Å². The molecule has 0 bridgehead atoms. The predicted octanol–water partition coefficient (Wildman–Crippen LogP) is 2.49. The van der Waals surface area contributed by atoms with E-state index in [1.807, 2.05) is 43.5 Å². The second kappa shape index (κ2) is 6.55. The quantitative estimate of drug-likeness (QED) is 0.575. The third-order valence-corrected chi connectivity index (χ3v) is 4.30. The van der Waals surface area contributed by atoms with Crippen LogP contribution in [0, 0.1) is 20.8 Å². The molecule has 4 aromatic heterocycles. The molecule has 0 amide bonds. The molecule has 0 unspecified atom stereocenters. The van der Waals surface area contributed by atoms with Gasteiger partial charge in [-0.25, -0.2) is 9.97 Å². The van der Waals surface area contributed by atoms with Gasteiger partial charge in [-0.15, -0.1) is 0 Å². The van der Waals surface area contributed by atoms with Gasteiger partial charge in [-0.3, -0.25) is 10.1 Å². The van der Waals surface area contributed by atoms with E-state index in [1.165, 1.54) is 0 Å². The Labute approximate surface area is 150 Å². The third-order valence-electron chi connectivity index (χ3n) is 4.30. The molecule has 4 rings (SSSR count). The molecule has 8 nitrogen and oxygen atoms in total. The zero-order valence-corrected chi connectivity index (χ0v) is 15.0. The summed E-state index contributed by atoms with van der Waals surface area (Å²) < 4.78 is 1.86. The Morgan fingerprint density at radius 1 is 1.19 bits per heavy atom. The summed E-state index contributed by atoms with van der Waals surface area (Å²) >= 11 is 0. The number of hydrogen-bond acceptors (Lipinski definition) is 6. The van der Waals surface area contributed by atoms with Crippen molar-refractivity contribution in [3.05, 3.63) is 53.4 Å². The maximum absolute atomic E-state index is 4.59. The topological polar surface area (TPSA) is 96.7 Å². The lowest BCUT2D eigenvalue weighted by molar-refractivity contribution is 0.865. The molecule has 2 N–H and O–H groups in total. The predicted molar refractivity (Wildman–Crippen MR) is 99.0 cm³/mol. The van der Waals surface area contributed by atoms with Gasteiger partial charge in [0.25, 0.3) is 0 Å². The van der Waals surface area contributed by atoms with Crippen molar-refractivity contribution in [2.75, 3.05) is 11.9 Å². The van der Waals surface area contributed by atoms with Gasteiger partial charge in [-0.05, 0) is 32.9 Å². The molecule has 0 radical (unpaired) electrons. The number of nitrogens with one attached hydrogen (secondary N) is 2. The van der Waals surface area contributed by atoms with Gasteiger partial charge in [-0.1, -0.05) is 0 Å². The van der Waals surface area contributed by atoms with Crippen LogP contribution in [-0.2, 0) is 6.42 Å². The van der Waals surface area contributed by atoms with Crippen molar-refractivity contribution in [3.63, 3.8) is 0 Å². The zero-order chi connectivity index (χ0) is 18.1. The second-order valence-electron chi connectivity index (χ2n) is 6.25. The molecule has 0 aliphatic carbocycles. The minimum atomic E-state index is 0.661. The van der Waals surface area contributed by atoms with Gasteiger partial charge in [0.05, 0.1) is 5.69 Å². The first-order valence-electron chi connectivity index (χ1n) is 8.51. The molecule has 0 fully saturated rings. The number of anilines is 1. The van der Waals surface area contributed by atoms with Gasteiger partial charge in [0.2, 0.25) is 0 Å². The van der Waals surface area contributed by atoms with Crippen molar-refractivity contribution in [2.24, 2.45) is 0 Å². The number of aromatic amines is 1. The molecule has 0 aliphatic heterocycles. The Bertz CT molecular complexity index is 1050. The van der Waals surface area contributed by atoms with Crippen LogP contribution in [0.1, 0.15) is 22.8 Å². The summed E-state index contributed by atoms with van der Waals surface area (Å²) in [6.45, 7) is 6.74. The van der Waals surface area contributed by atoms with Crippen LogP contribution in [0.5, 0.6) is 0 Å². The summed E-state index contributed by atoms with van der Waals surface area (Å²) in [6, 6.07) is 5.81. The molecule has 0 atom stereocenters. The average molecular weight is 348 g/mol. The Morgan fingerprint density at radius 3 is 2.88 bits per heavy atom. The Balaban J connectivity index is 1.48. The molecule has 0 spiro atoms. The minimum Gasteiger partial charge on any atom is -0.369 e. The standard InChI is InChI=1S/C18H20N8/c1-11-9-16(26-18(21-11)12(2)13(3)25-26)20-8-6-15-22-17(24-23-15)14-5-4-7-19-10-14/h4-5,7,9-10,20H,6,8H2,1-3H3,(H,22,23,24). The highest BCUT2D eigenvalue weighted by molar-refractivity contribution is 5.56. The highest BCUT2D eigenvalue weighted by atomic mass is 15.3. The molecule has 4 aromatic rings. The number of fused-ring (bicyclic) bond motifs is 1. The number of H-pyrrole nitrogens is 1. The van der Waals surface area contributed by atoms with Crippen LogP contribution in [0.4, 0.5) is 5.82 Å². The fourth-order valence-electron chi connectivity index (χ4n) is 2.82. The number of nitrogens with zero attached hydrogens (tertiary/aromatic N) is 6. The fourth-order valence-corrected chi connectivity index (χ4v) is 2.82. The van der Waals surface area contributed by atoms with E-state index >= 15 is 0 Å². The molecular formula is C18H20N8. The molecular weight excluding hydrogens is 328 g/mol. The van der Waals surface area contributed by atoms with Gasteiger partial charge < -0.3 is 5.32 Å². The van der Waals surface area contributed by atoms with Crippen LogP contribution in [0.15, 0.2) is 30.6 Å². The van der Waals surface area contributed by atoms with Gasteiger partial charge in [0, 0.05) is 48.2 Å². The number of hydrogen-bond donors (Lipinski definition) is 2. The summed E-state index contributed by atoms with van der Waals surface area (Å²) in [5, 5.41) is 15.2. The van der Waals surface area contributed by atoms with Crippen LogP contribution in [0.2, 0.25) is 0 Å². The molecule has 0 saturated heterocycles. The molecule has 8 heteroatoms. The summed E-state index contributed by atoms with van der Waals surface area (Å²) in [6.07, 6.45) is 4.20. The highest BCUT2D eigenvalue weighted by Gasteiger charge is 2.11. The van der Waals surface area contributed by atoms with Crippen LogP contribution >= 0.6 is 0 Å². The smallest absolute Gasteiger partial charge is 0.182 e. The molecule has 4 heterocycles. The molecule has 0 aliphatic rings. The first kappa shape index (κ1) is 16.2. The Kier molecular flexibility index (Phi) is 4.08. The van der Waals surface area contributed by atoms with Crippen LogP contribution in [0.25, 0.3) is 17.0 Å². The summed E-state index contributed by atoms with van der Waals surface area (Å²) in [7, 11) is 0. The average Bonchev–Trinajstić information content (AvgIpc) is 3.22. The van der Waals surface area contributed by atoms with E-state index in [0.717, 1.165) is 46.2 Å². The molecule has 132 valence electrons. The number of aromatic nitrogens is 7. The van der Waals surface area contributed by atoms with Crippen molar-refractivity contribution < 1.29 is 0 Å². The first-order chi connectivity index (χ1) is 12.6. The summed E-state index contributed by atoms with van der Waals surface area (Å²) in [5.41, 5.74) is 4.84. The van der Waals surface area contributed by atoms with Crippen molar-refractivity contribution in [3.8, 4) is 11.4 Å². The highest BCUT2D eigenvalue weighted by Crippen LogP contribution is 2.18. The van der Waals surface area contributed by atoms with Gasteiger partial charge in [0.1, 0.15) is 11.6 Å². The molecule has 26 heavy (non-hydrogen) atoms. The summed E-state index contributed by atoms with van der Waals surface area (Å²) in [4.78, 5) is 13.2. The third kappa shape index (κ3) is 3.01. The van der Waals surface area contributed by atoms with Crippen LogP contribution in [-0.4, -0.2) is 41.3 Å². The van der Waals surface area contributed by atoms with E-state index in [0.29, 0.717) is 12.4 Å². The van der Waals surface area contributed by atoms with E-state index < -0.39 is 0 Å². The van der Waals surface area contributed by atoms with E-state index in [2.05, 4.69) is 35.6 Å². The summed E-state index contributed by atoms with van der Waals surface area (Å²) in [5.74, 6) is 2.41. The van der Waals surface area contributed by atoms with Crippen LogP contribution in [0.3, 0.4) is 0 Å². The molecule has 0 saturated carbocycles. The van der Waals surface area contributed by atoms with Gasteiger partial charge >= 0.3 is 0 Å². The maximum Gasteiger partial charge on any atom is 0.182 e. The monoisotopic (exact) mass is 348 g/mol. The lowest BCUT2D eigenvalue weighted by atomic mass is 10.3. The fraction of sp³-hybridized carbons (Fsp3) is 0.278. The lowest BCUT2D eigenvalue weighted by Gasteiger charge is -2.08. The number of rotatable bonds is 5. The largest absolute Gasteiger partial charge is 0.369 e.